The summed E-state index contributed by atoms with van der Waals surface area (Å²) in [7, 11) is 0. The van der Waals surface area contributed by atoms with Gasteiger partial charge in [-0.05, 0) is 31.2 Å². The summed E-state index contributed by atoms with van der Waals surface area (Å²) in [5.74, 6) is 0. The van der Waals surface area contributed by atoms with E-state index in [9.17, 15) is 5.11 Å². The molecule has 5 rings (SSSR count). The molecule has 0 fully saturated rings. The second-order valence-corrected chi connectivity index (χ2v) is 8.00. The summed E-state index contributed by atoms with van der Waals surface area (Å²) in [6.45, 7) is 2.00. The third-order valence-corrected chi connectivity index (χ3v) is 5.76. The molecule has 0 saturated carbocycles. The molecule has 1 atom stereocenters. The third-order valence-electron chi connectivity index (χ3n) is 4.98. The van der Waals surface area contributed by atoms with Gasteiger partial charge in [0.05, 0.1) is 21.7 Å². The molecule has 2 heterocycles. The summed E-state index contributed by atoms with van der Waals surface area (Å²) in [5.41, 5.74) is 5.38. The molecule has 0 bridgehead atoms. The van der Waals surface area contributed by atoms with Crippen LogP contribution in [-0.2, 0) is 0 Å². The monoisotopic (exact) mass is 397 g/mol. The van der Waals surface area contributed by atoms with Gasteiger partial charge < -0.3 is 10.4 Å². The third kappa shape index (κ3) is 3.35. The molecule has 4 nitrogen and oxygen atoms in total. The molecule has 142 valence electrons. The highest BCUT2D eigenvalue weighted by Crippen LogP contribution is 2.32. The van der Waals surface area contributed by atoms with Crippen molar-refractivity contribution >= 4 is 38.8 Å². The lowest BCUT2D eigenvalue weighted by molar-refractivity contribution is 0.211. The smallest absolute Gasteiger partial charge is 0.152 e. The molecule has 2 aromatic heterocycles. The number of para-hydroxylation sites is 2. The van der Waals surface area contributed by atoms with Crippen molar-refractivity contribution in [2.24, 2.45) is 0 Å². The molecule has 0 amide bonds. The van der Waals surface area contributed by atoms with Gasteiger partial charge in [-0.15, -0.1) is 11.3 Å². The number of fused-ring (bicyclic) bond motifs is 2. The zero-order valence-corrected chi connectivity index (χ0v) is 16.6. The molecule has 2 N–H and O–H groups in total. The first-order chi connectivity index (χ1) is 14.2. The highest BCUT2D eigenvalue weighted by Gasteiger charge is 2.16. The van der Waals surface area contributed by atoms with E-state index in [0.29, 0.717) is 0 Å². The average molecular weight is 398 g/mol. The second kappa shape index (κ2) is 7.28. The molecule has 29 heavy (non-hydrogen) atoms. The first kappa shape index (κ1) is 17.8. The maximum absolute atomic E-state index is 11.2. The summed E-state index contributed by atoms with van der Waals surface area (Å²) >= 11 is 1.63. The van der Waals surface area contributed by atoms with Crippen LogP contribution < -0.4 is 5.32 Å². The number of thiazole rings is 1. The lowest BCUT2D eigenvalue weighted by Gasteiger charge is -2.19. The molecule has 5 heteroatoms. The van der Waals surface area contributed by atoms with Crippen LogP contribution >= 0.6 is 11.3 Å². The van der Waals surface area contributed by atoms with E-state index in [0.717, 1.165) is 49.3 Å². The number of nitrogens with one attached hydrogen (secondary N) is 1. The minimum Gasteiger partial charge on any atom is -0.369 e. The fraction of sp³-hybridized carbons (Fsp3) is 0.0833. The number of hydrogen-bond donors (Lipinski definition) is 2. The Hall–Kier alpha value is -3.28. The van der Waals surface area contributed by atoms with Crippen LogP contribution in [0.4, 0.5) is 5.69 Å². The van der Waals surface area contributed by atoms with Gasteiger partial charge in [0, 0.05) is 33.0 Å². The van der Waals surface area contributed by atoms with Crippen LogP contribution in [0.25, 0.3) is 33.1 Å². The van der Waals surface area contributed by atoms with Crippen LogP contribution in [0.15, 0.2) is 78.2 Å². The maximum atomic E-state index is 11.2. The van der Waals surface area contributed by atoms with E-state index in [1.807, 2.05) is 79.7 Å². The Labute approximate surface area is 172 Å². The van der Waals surface area contributed by atoms with Crippen LogP contribution in [0.3, 0.4) is 0 Å². The standard InChI is InChI=1S/C24H19N3OS/c1-15-25-22(14-29-15)16-7-6-8-17(13-16)26-24(28)23-18-9-2-4-11-20(18)27-21-12-5-3-10-19(21)23/h2-14,24,26,28H,1H3. The molecule has 0 saturated heterocycles. The lowest BCUT2D eigenvalue weighted by atomic mass is 10.0. The van der Waals surface area contributed by atoms with E-state index in [4.69, 9.17) is 4.98 Å². The summed E-state index contributed by atoms with van der Waals surface area (Å²) in [4.78, 5) is 9.30. The quantitative estimate of drug-likeness (QED) is 0.292. The number of aliphatic hydroxyl groups is 1. The number of hydrogen-bond acceptors (Lipinski definition) is 5. The Morgan fingerprint density at radius 3 is 2.21 bits per heavy atom. The molecular formula is C24H19N3OS. The SMILES string of the molecule is Cc1nc(-c2cccc(NC(O)c3c4ccccc4nc4ccccc34)c2)cs1. The molecule has 0 aliphatic carbocycles. The van der Waals surface area contributed by atoms with Gasteiger partial charge in [-0.25, -0.2) is 9.97 Å². The van der Waals surface area contributed by atoms with E-state index in [1.165, 1.54) is 0 Å². The van der Waals surface area contributed by atoms with Crippen LogP contribution in [0.1, 0.15) is 16.8 Å². The number of rotatable bonds is 4. The summed E-state index contributed by atoms with van der Waals surface area (Å²) in [6.07, 6.45) is -0.875. The predicted molar refractivity (Wildman–Crippen MR) is 120 cm³/mol. The largest absolute Gasteiger partial charge is 0.369 e. The van der Waals surface area contributed by atoms with Crippen molar-refractivity contribution in [3.63, 3.8) is 0 Å². The topological polar surface area (TPSA) is 58.0 Å². The Morgan fingerprint density at radius 2 is 1.55 bits per heavy atom. The number of nitrogens with zero attached hydrogens (tertiary/aromatic N) is 2. The molecule has 0 spiro atoms. The van der Waals surface area contributed by atoms with Crippen molar-refractivity contribution in [3.05, 3.63) is 88.7 Å². The minimum absolute atomic E-state index is 0.834. The molecule has 3 aromatic carbocycles. The summed E-state index contributed by atoms with van der Waals surface area (Å²) < 4.78 is 0. The maximum Gasteiger partial charge on any atom is 0.152 e. The number of pyridine rings is 1. The first-order valence-corrected chi connectivity index (χ1v) is 10.3. The summed E-state index contributed by atoms with van der Waals surface area (Å²) in [5, 5.41) is 19.4. The van der Waals surface area contributed by atoms with Gasteiger partial charge in [-0.2, -0.15) is 0 Å². The van der Waals surface area contributed by atoms with Crippen molar-refractivity contribution in [2.45, 2.75) is 13.2 Å². The van der Waals surface area contributed by atoms with Crippen LogP contribution in [0, 0.1) is 6.92 Å². The number of aromatic nitrogens is 2. The molecule has 0 aliphatic rings. The zero-order chi connectivity index (χ0) is 19.8. The average Bonchev–Trinajstić information content (AvgIpc) is 3.18. The van der Waals surface area contributed by atoms with E-state index in [2.05, 4.69) is 15.7 Å². The number of anilines is 1. The highest BCUT2D eigenvalue weighted by atomic mass is 32.1. The first-order valence-electron chi connectivity index (χ1n) is 9.43. The van der Waals surface area contributed by atoms with Crippen LogP contribution in [0.2, 0.25) is 0 Å². The van der Waals surface area contributed by atoms with E-state index in [1.54, 1.807) is 11.3 Å². The van der Waals surface area contributed by atoms with Crippen molar-refractivity contribution in [2.75, 3.05) is 5.32 Å². The predicted octanol–water partition coefficient (Wildman–Crippen LogP) is 5.92. The normalized spacial score (nSPS) is 12.3. The van der Waals surface area contributed by atoms with Crippen molar-refractivity contribution in [1.82, 2.24) is 9.97 Å². The molecule has 0 radical (unpaired) electrons. The fourth-order valence-electron chi connectivity index (χ4n) is 3.66. The van der Waals surface area contributed by atoms with Crippen molar-refractivity contribution in [1.29, 1.82) is 0 Å². The van der Waals surface area contributed by atoms with Crippen LogP contribution in [0.5, 0.6) is 0 Å². The molecule has 5 aromatic rings. The van der Waals surface area contributed by atoms with Gasteiger partial charge in [0.15, 0.2) is 6.23 Å². The fourth-order valence-corrected chi connectivity index (χ4v) is 4.28. The van der Waals surface area contributed by atoms with E-state index < -0.39 is 6.23 Å². The van der Waals surface area contributed by atoms with Crippen molar-refractivity contribution < 1.29 is 5.11 Å². The number of benzene rings is 3. The van der Waals surface area contributed by atoms with Gasteiger partial charge >= 0.3 is 0 Å². The number of aliphatic hydroxyl groups excluding tert-OH is 1. The van der Waals surface area contributed by atoms with Gasteiger partial charge in [-0.3, -0.25) is 0 Å². The Balaban J connectivity index is 1.57. The van der Waals surface area contributed by atoms with Gasteiger partial charge in [-0.1, -0.05) is 48.5 Å². The highest BCUT2D eigenvalue weighted by molar-refractivity contribution is 7.09. The number of aryl methyl sites for hydroxylation is 1. The van der Waals surface area contributed by atoms with Gasteiger partial charge in [0.25, 0.3) is 0 Å². The summed E-state index contributed by atoms with van der Waals surface area (Å²) in [6, 6.07) is 23.8. The lowest BCUT2D eigenvalue weighted by Crippen LogP contribution is -2.11. The van der Waals surface area contributed by atoms with E-state index in [-0.39, 0.29) is 0 Å². The van der Waals surface area contributed by atoms with Gasteiger partial charge in [0.1, 0.15) is 0 Å². The molecule has 0 aliphatic heterocycles. The Kier molecular flexibility index (Phi) is 4.46. The second-order valence-electron chi connectivity index (χ2n) is 6.94. The van der Waals surface area contributed by atoms with E-state index >= 15 is 0 Å². The molecule has 1 unspecified atom stereocenters. The zero-order valence-electron chi connectivity index (χ0n) is 15.8. The van der Waals surface area contributed by atoms with Gasteiger partial charge in [0.2, 0.25) is 0 Å². The van der Waals surface area contributed by atoms with Crippen LogP contribution in [-0.4, -0.2) is 15.1 Å². The molecular weight excluding hydrogens is 378 g/mol. The Morgan fingerprint density at radius 1 is 0.862 bits per heavy atom. The Bertz CT molecular complexity index is 1270. The van der Waals surface area contributed by atoms with Crippen molar-refractivity contribution in [3.8, 4) is 11.3 Å². The minimum atomic E-state index is -0.875.